The quantitative estimate of drug-likeness (QED) is 0.216. The first kappa shape index (κ1) is 23.3. The highest BCUT2D eigenvalue weighted by Gasteiger charge is 2.08. The second-order valence-corrected chi connectivity index (χ2v) is 8.92. The van der Waals surface area contributed by atoms with Gasteiger partial charge in [0.1, 0.15) is 36.2 Å². The van der Waals surface area contributed by atoms with Crippen LogP contribution in [0.3, 0.4) is 0 Å². The lowest BCUT2D eigenvalue weighted by molar-refractivity contribution is 0.306. The summed E-state index contributed by atoms with van der Waals surface area (Å²) in [7, 11) is 0. The van der Waals surface area contributed by atoms with E-state index in [1.165, 1.54) is 0 Å². The highest BCUT2D eigenvalue weighted by molar-refractivity contribution is 5.86. The molecule has 6 heteroatoms. The van der Waals surface area contributed by atoms with E-state index in [1.54, 1.807) is 12.4 Å². The number of aromatic amines is 1. The van der Waals surface area contributed by atoms with E-state index < -0.39 is 0 Å². The fourth-order valence-electron chi connectivity index (χ4n) is 4.15. The molecule has 0 spiro atoms. The second kappa shape index (κ2) is 10.9. The molecule has 0 fully saturated rings. The number of rotatable bonds is 9. The smallest absolute Gasteiger partial charge is 0.149 e. The van der Waals surface area contributed by atoms with Crippen LogP contribution in [0.5, 0.6) is 11.5 Å². The van der Waals surface area contributed by atoms with Crippen LogP contribution in [0.15, 0.2) is 122 Å². The molecule has 0 bridgehead atoms. The zero-order chi connectivity index (χ0) is 25.6. The molecule has 0 aliphatic rings. The molecule has 0 aliphatic heterocycles. The van der Waals surface area contributed by atoms with Crippen LogP contribution in [0, 0.1) is 0 Å². The number of nitrogens with one attached hydrogen (secondary N) is 2. The van der Waals surface area contributed by atoms with Crippen LogP contribution in [0.25, 0.3) is 22.3 Å². The maximum Gasteiger partial charge on any atom is 0.149 e. The van der Waals surface area contributed by atoms with Gasteiger partial charge >= 0.3 is 0 Å². The number of nitrogens with zero attached hydrogens (tertiary/aromatic N) is 2. The van der Waals surface area contributed by atoms with Gasteiger partial charge in [0.05, 0.1) is 18.1 Å². The van der Waals surface area contributed by atoms with Crippen LogP contribution < -0.4 is 14.8 Å². The van der Waals surface area contributed by atoms with Crippen LogP contribution in [-0.4, -0.2) is 15.0 Å². The average molecular weight is 499 g/mol. The molecule has 0 saturated heterocycles. The summed E-state index contributed by atoms with van der Waals surface area (Å²) >= 11 is 0. The van der Waals surface area contributed by atoms with Gasteiger partial charge in [0.15, 0.2) is 0 Å². The summed E-state index contributed by atoms with van der Waals surface area (Å²) in [6, 6.07) is 36.2. The lowest BCUT2D eigenvalue weighted by Gasteiger charge is -2.09. The van der Waals surface area contributed by atoms with Crippen molar-refractivity contribution in [2.75, 3.05) is 5.32 Å². The van der Waals surface area contributed by atoms with E-state index in [4.69, 9.17) is 14.5 Å². The number of benzene rings is 4. The van der Waals surface area contributed by atoms with Gasteiger partial charge in [-0.05, 0) is 53.6 Å². The van der Waals surface area contributed by atoms with Gasteiger partial charge in [-0.2, -0.15) is 0 Å². The van der Waals surface area contributed by atoms with Gasteiger partial charge in [-0.15, -0.1) is 0 Å². The largest absolute Gasteiger partial charge is 0.489 e. The summed E-state index contributed by atoms with van der Waals surface area (Å²) < 4.78 is 11.9. The SMILES string of the molecule is c1ccc(COc2ccc(Nc3cncc(-c4cc5ccc(OCc6ccccc6)cc5[nH]4)n3)cc2)cc1. The number of fused-ring (bicyclic) bond motifs is 1. The Bertz CT molecular complexity index is 1630. The summed E-state index contributed by atoms with van der Waals surface area (Å²) in [4.78, 5) is 12.6. The van der Waals surface area contributed by atoms with E-state index in [0.717, 1.165) is 50.6 Å². The van der Waals surface area contributed by atoms with Crippen LogP contribution in [0.4, 0.5) is 11.5 Å². The summed E-state index contributed by atoms with van der Waals surface area (Å²) in [5.74, 6) is 2.28. The maximum absolute atomic E-state index is 5.98. The van der Waals surface area contributed by atoms with E-state index in [1.807, 2.05) is 91.0 Å². The molecule has 38 heavy (non-hydrogen) atoms. The predicted molar refractivity (Wildman–Crippen MR) is 151 cm³/mol. The van der Waals surface area contributed by atoms with Crippen molar-refractivity contribution >= 4 is 22.4 Å². The van der Waals surface area contributed by atoms with Gasteiger partial charge in [0.25, 0.3) is 0 Å². The summed E-state index contributed by atoms with van der Waals surface area (Å²) in [6.45, 7) is 1.06. The Balaban J connectivity index is 1.12. The molecule has 6 rings (SSSR count). The average Bonchev–Trinajstić information content (AvgIpc) is 3.41. The van der Waals surface area contributed by atoms with E-state index in [9.17, 15) is 0 Å². The van der Waals surface area contributed by atoms with E-state index in [2.05, 4.69) is 33.5 Å². The summed E-state index contributed by atoms with van der Waals surface area (Å²) in [5, 5.41) is 4.41. The Morgan fingerprint density at radius 3 is 2.03 bits per heavy atom. The maximum atomic E-state index is 5.98. The first-order chi connectivity index (χ1) is 18.8. The van der Waals surface area contributed by atoms with Crippen molar-refractivity contribution in [2.24, 2.45) is 0 Å². The van der Waals surface area contributed by atoms with Crippen LogP contribution in [-0.2, 0) is 13.2 Å². The highest BCUT2D eigenvalue weighted by Crippen LogP contribution is 2.27. The normalized spacial score (nSPS) is 10.8. The minimum Gasteiger partial charge on any atom is -0.489 e. The van der Waals surface area contributed by atoms with Crippen molar-refractivity contribution in [2.45, 2.75) is 13.2 Å². The molecule has 0 radical (unpaired) electrons. The number of ether oxygens (including phenoxy) is 2. The third kappa shape index (κ3) is 5.65. The fraction of sp³-hybridized carbons (Fsp3) is 0.0625. The minimum atomic E-state index is 0.527. The molecule has 0 aliphatic carbocycles. The Hall–Kier alpha value is -5.10. The number of hydrogen-bond acceptors (Lipinski definition) is 5. The van der Waals surface area contributed by atoms with Gasteiger partial charge in [-0.1, -0.05) is 60.7 Å². The Morgan fingerprint density at radius 1 is 0.658 bits per heavy atom. The standard InChI is InChI=1S/C32H26N4O2/c1-3-7-23(8-4-1)21-37-27-15-12-26(13-16-27)34-32-20-33-19-31(36-32)30-17-25-11-14-28(18-29(25)35-30)38-22-24-9-5-2-6-10-24/h1-20,35H,21-22H2,(H,34,36). The molecule has 0 saturated carbocycles. The number of aromatic nitrogens is 3. The van der Waals surface area contributed by atoms with Gasteiger partial charge in [0.2, 0.25) is 0 Å². The van der Waals surface area contributed by atoms with E-state index >= 15 is 0 Å². The van der Waals surface area contributed by atoms with Crippen LogP contribution in [0.2, 0.25) is 0 Å². The molecule has 2 heterocycles. The van der Waals surface area contributed by atoms with Crippen molar-refractivity contribution in [3.63, 3.8) is 0 Å². The van der Waals surface area contributed by atoms with E-state index in [0.29, 0.717) is 19.0 Å². The Labute approximate surface area is 220 Å². The Kier molecular flexibility index (Phi) is 6.68. The molecule has 0 atom stereocenters. The van der Waals surface area contributed by atoms with Crippen LogP contribution in [0.1, 0.15) is 11.1 Å². The summed E-state index contributed by atoms with van der Waals surface area (Å²) in [5.41, 5.74) is 5.79. The van der Waals surface area contributed by atoms with E-state index in [-0.39, 0.29) is 0 Å². The number of anilines is 2. The van der Waals surface area contributed by atoms with Crippen molar-refractivity contribution in [1.29, 1.82) is 0 Å². The van der Waals surface area contributed by atoms with Gasteiger partial charge in [-0.3, -0.25) is 4.98 Å². The number of H-pyrrole nitrogens is 1. The molecule has 2 aromatic heterocycles. The molecule has 4 aromatic carbocycles. The molecule has 186 valence electrons. The first-order valence-electron chi connectivity index (χ1n) is 12.4. The zero-order valence-corrected chi connectivity index (χ0v) is 20.7. The fourth-order valence-corrected chi connectivity index (χ4v) is 4.15. The third-order valence-corrected chi connectivity index (χ3v) is 6.13. The molecular formula is C32H26N4O2. The zero-order valence-electron chi connectivity index (χ0n) is 20.7. The van der Waals surface area contributed by atoms with Crippen molar-refractivity contribution in [3.8, 4) is 22.9 Å². The lowest BCUT2D eigenvalue weighted by atomic mass is 10.2. The van der Waals surface area contributed by atoms with Crippen molar-refractivity contribution in [3.05, 3.63) is 133 Å². The lowest BCUT2D eigenvalue weighted by Crippen LogP contribution is -1.97. The predicted octanol–water partition coefficient (Wildman–Crippen LogP) is 7.53. The Morgan fingerprint density at radius 2 is 1.32 bits per heavy atom. The minimum absolute atomic E-state index is 0.527. The molecular weight excluding hydrogens is 472 g/mol. The van der Waals surface area contributed by atoms with Crippen molar-refractivity contribution < 1.29 is 9.47 Å². The molecule has 0 amide bonds. The monoisotopic (exact) mass is 498 g/mol. The molecule has 6 aromatic rings. The number of hydrogen-bond donors (Lipinski definition) is 2. The topological polar surface area (TPSA) is 72.1 Å². The summed E-state index contributed by atoms with van der Waals surface area (Å²) in [6.07, 6.45) is 3.46. The van der Waals surface area contributed by atoms with Gasteiger partial charge < -0.3 is 19.8 Å². The molecule has 2 N–H and O–H groups in total. The second-order valence-electron chi connectivity index (χ2n) is 8.92. The van der Waals surface area contributed by atoms with Gasteiger partial charge in [-0.25, -0.2) is 4.98 Å². The third-order valence-electron chi connectivity index (χ3n) is 6.13. The van der Waals surface area contributed by atoms with Crippen LogP contribution >= 0.6 is 0 Å². The molecule has 6 nitrogen and oxygen atoms in total. The highest BCUT2D eigenvalue weighted by atomic mass is 16.5. The van der Waals surface area contributed by atoms with Crippen molar-refractivity contribution in [1.82, 2.24) is 15.0 Å². The first-order valence-corrected chi connectivity index (χ1v) is 12.4. The molecule has 0 unspecified atom stereocenters. The van der Waals surface area contributed by atoms with Gasteiger partial charge in [0, 0.05) is 22.7 Å².